The van der Waals surface area contributed by atoms with Gasteiger partial charge >= 0.3 is 0 Å². The van der Waals surface area contributed by atoms with Gasteiger partial charge in [0.25, 0.3) is 0 Å². The van der Waals surface area contributed by atoms with Gasteiger partial charge in [0.1, 0.15) is 0 Å². The van der Waals surface area contributed by atoms with Gasteiger partial charge in [-0.2, -0.15) is 0 Å². The summed E-state index contributed by atoms with van der Waals surface area (Å²) >= 11 is 0. The Balaban J connectivity index is 0.000000815. The van der Waals surface area contributed by atoms with Crippen LogP contribution in [-0.4, -0.2) is 21.9 Å². The fraction of sp³-hybridized carbons (Fsp3) is 0.381. The molecule has 0 bridgehead atoms. The van der Waals surface area contributed by atoms with Crippen molar-refractivity contribution in [2.24, 2.45) is 0 Å². The van der Waals surface area contributed by atoms with E-state index in [0.29, 0.717) is 6.04 Å². The molecule has 0 fully saturated rings. The Hall–Kier alpha value is -2.13. The van der Waals surface area contributed by atoms with Crippen LogP contribution in [0.3, 0.4) is 0 Å². The van der Waals surface area contributed by atoms with Crippen molar-refractivity contribution < 1.29 is 0 Å². The summed E-state index contributed by atoms with van der Waals surface area (Å²) in [6, 6.07) is 13.4. The smallest absolute Gasteiger partial charge is 0.0607 e. The van der Waals surface area contributed by atoms with Crippen molar-refractivity contribution in [3.05, 3.63) is 65.6 Å². The Kier molecular flexibility index (Phi) is 5.31. The number of pyridine rings is 1. The van der Waals surface area contributed by atoms with E-state index in [1.807, 2.05) is 26.2 Å². The second kappa shape index (κ2) is 7.63. The first-order chi connectivity index (χ1) is 11.8. The minimum absolute atomic E-state index is 0.426. The lowest BCUT2D eigenvalue weighted by atomic mass is 9.91. The second-order valence-electron chi connectivity index (χ2n) is 6.23. The van der Waals surface area contributed by atoms with Crippen LogP contribution >= 0.6 is 0 Å². The van der Waals surface area contributed by atoms with E-state index >= 15 is 0 Å². The number of hydrogen-bond acceptors (Lipinski definition) is 2. The van der Waals surface area contributed by atoms with E-state index in [2.05, 4.69) is 58.3 Å². The van der Waals surface area contributed by atoms with Gasteiger partial charge in [-0.1, -0.05) is 38.1 Å². The van der Waals surface area contributed by atoms with Gasteiger partial charge in [-0.15, -0.1) is 0 Å². The molecule has 1 aliphatic carbocycles. The summed E-state index contributed by atoms with van der Waals surface area (Å²) in [7, 11) is 2.22. The number of rotatable bonds is 3. The Morgan fingerprint density at radius 3 is 2.92 bits per heavy atom. The van der Waals surface area contributed by atoms with Crippen molar-refractivity contribution in [2.75, 3.05) is 7.05 Å². The molecule has 0 amide bonds. The number of H-pyrrole nitrogens is 1. The van der Waals surface area contributed by atoms with Crippen LogP contribution in [-0.2, 0) is 13.0 Å². The summed E-state index contributed by atoms with van der Waals surface area (Å²) in [5, 5.41) is 1.29. The maximum atomic E-state index is 4.67. The van der Waals surface area contributed by atoms with Crippen LogP contribution in [0.25, 0.3) is 10.9 Å². The van der Waals surface area contributed by atoms with Crippen molar-refractivity contribution in [2.45, 2.75) is 45.7 Å². The standard InChI is InChI=1S/C19H21N3.C2H6/c1-22(13-16-7-2-5-15-10-12-21-18(15)16)17-9-3-6-14-8-4-11-20-19(14)17;1-2/h2,4-5,7-8,10-12,17,21H,3,6,9,13H2,1H3;1-2H3. The first-order valence-electron chi connectivity index (χ1n) is 9.02. The lowest BCUT2D eigenvalue weighted by Crippen LogP contribution is -2.28. The third-order valence-electron chi connectivity index (χ3n) is 4.79. The third-order valence-corrected chi connectivity index (χ3v) is 4.79. The second-order valence-corrected chi connectivity index (χ2v) is 6.23. The Bertz CT molecular complexity index is 790. The summed E-state index contributed by atoms with van der Waals surface area (Å²) in [5.74, 6) is 0. The Morgan fingerprint density at radius 1 is 1.17 bits per heavy atom. The molecular formula is C21H27N3. The van der Waals surface area contributed by atoms with Crippen molar-refractivity contribution in [1.29, 1.82) is 0 Å². The third kappa shape index (κ3) is 3.22. The van der Waals surface area contributed by atoms with Crippen LogP contribution in [0.5, 0.6) is 0 Å². The molecule has 0 saturated heterocycles. The van der Waals surface area contributed by atoms with Gasteiger partial charge in [0.2, 0.25) is 0 Å². The summed E-state index contributed by atoms with van der Waals surface area (Å²) in [6.07, 6.45) is 7.56. The molecule has 1 atom stereocenters. The van der Waals surface area contributed by atoms with E-state index < -0.39 is 0 Å². The number of hydrogen-bond donors (Lipinski definition) is 1. The number of aromatic nitrogens is 2. The van der Waals surface area contributed by atoms with Crippen LogP contribution in [0.1, 0.15) is 49.6 Å². The minimum atomic E-state index is 0.426. The zero-order valence-electron chi connectivity index (χ0n) is 14.9. The van der Waals surface area contributed by atoms with E-state index in [-0.39, 0.29) is 0 Å². The predicted octanol–water partition coefficient (Wildman–Crippen LogP) is 5.10. The summed E-state index contributed by atoms with van der Waals surface area (Å²) in [4.78, 5) is 10.5. The fourth-order valence-electron chi connectivity index (χ4n) is 3.67. The molecule has 2 heterocycles. The normalized spacial score (nSPS) is 16.6. The fourth-order valence-corrected chi connectivity index (χ4v) is 3.67. The van der Waals surface area contributed by atoms with Crippen LogP contribution in [0.2, 0.25) is 0 Å². The molecule has 3 nitrogen and oxygen atoms in total. The van der Waals surface area contributed by atoms with Gasteiger partial charge in [0.15, 0.2) is 0 Å². The van der Waals surface area contributed by atoms with Crippen LogP contribution in [0.15, 0.2) is 48.8 Å². The number of nitrogens with one attached hydrogen (secondary N) is 1. The maximum absolute atomic E-state index is 4.67. The lowest BCUT2D eigenvalue weighted by molar-refractivity contribution is 0.209. The molecule has 1 aliphatic rings. The summed E-state index contributed by atoms with van der Waals surface area (Å²) < 4.78 is 0. The van der Waals surface area contributed by atoms with Crippen molar-refractivity contribution in [3.8, 4) is 0 Å². The van der Waals surface area contributed by atoms with E-state index in [0.717, 1.165) is 6.54 Å². The minimum Gasteiger partial charge on any atom is -0.361 e. The van der Waals surface area contributed by atoms with E-state index in [1.165, 1.54) is 47.0 Å². The topological polar surface area (TPSA) is 31.9 Å². The Morgan fingerprint density at radius 2 is 2.04 bits per heavy atom. The Labute approximate surface area is 144 Å². The van der Waals surface area contributed by atoms with Crippen LogP contribution in [0.4, 0.5) is 0 Å². The highest BCUT2D eigenvalue weighted by Crippen LogP contribution is 2.33. The number of nitrogens with zero attached hydrogens (tertiary/aromatic N) is 2. The van der Waals surface area contributed by atoms with Gasteiger partial charge in [-0.25, -0.2) is 0 Å². The average molecular weight is 321 g/mol. The quantitative estimate of drug-likeness (QED) is 0.728. The highest BCUT2D eigenvalue weighted by Gasteiger charge is 2.25. The largest absolute Gasteiger partial charge is 0.361 e. The zero-order valence-corrected chi connectivity index (χ0v) is 14.9. The van der Waals surface area contributed by atoms with E-state index in [4.69, 9.17) is 0 Å². The molecule has 2 aromatic heterocycles. The highest BCUT2D eigenvalue weighted by molar-refractivity contribution is 5.82. The predicted molar refractivity (Wildman–Crippen MR) is 101 cm³/mol. The SMILES string of the molecule is CC.CN(Cc1cccc2cc[nH]c12)C1CCCc2cccnc21. The van der Waals surface area contributed by atoms with Gasteiger partial charge in [-0.05, 0) is 55.0 Å². The van der Waals surface area contributed by atoms with Gasteiger partial charge in [0.05, 0.1) is 11.7 Å². The van der Waals surface area contributed by atoms with Crippen molar-refractivity contribution >= 4 is 10.9 Å². The first-order valence-corrected chi connectivity index (χ1v) is 9.02. The summed E-state index contributed by atoms with van der Waals surface area (Å²) in [5.41, 5.74) is 5.30. The highest BCUT2D eigenvalue weighted by atomic mass is 15.1. The maximum Gasteiger partial charge on any atom is 0.0607 e. The molecule has 1 aromatic carbocycles. The molecule has 24 heavy (non-hydrogen) atoms. The lowest BCUT2D eigenvalue weighted by Gasteiger charge is -2.32. The average Bonchev–Trinajstić information content (AvgIpc) is 3.13. The number of fused-ring (bicyclic) bond motifs is 2. The molecule has 0 radical (unpaired) electrons. The molecule has 0 aliphatic heterocycles. The molecule has 0 saturated carbocycles. The van der Waals surface area contributed by atoms with Gasteiger partial charge < -0.3 is 4.98 Å². The van der Waals surface area contributed by atoms with Gasteiger partial charge in [-0.3, -0.25) is 9.88 Å². The van der Waals surface area contributed by atoms with Crippen LogP contribution in [0, 0.1) is 0 Å². The molecule has 3 heteroatoms. The number of aromatic amines is 1. The van der Waals surface area contributed by atoms with Crippen molar-refractivity contribution in [1.82, 2.24) is 14.9 Å². The number of benzene rings is 1. The molecule has 3 aromatic rings. The van der Waals surface area contributed by atoms with Crippen LogP contribution < -0.4 is 0 Å². The molecule has 0 spiro atoms. The van der Waals surface area contributed by atoms with E-state index in [1.54, 1.807) is 0 Å². The number of aryl methyl sites for hydroxylation is 1. The monoisotopic (exact) mass is 321 g/mol. The summed E-state index contributed by atoms with van der Waals surface area (Å²) in [6.45, 7) is 4.94. The van der Waals surface area contributed by atoms with Gasteiger partial charge in [0, 0.05) is 24.5 Å². The first kappa shape index (κ1) is 16.7. The molecule has 4 rings (SSSR count). The molecule has 1 unspecified atom stereocenters. The van der Waals surface area contributed by atoms with Crippen molar-refractivity contribution in [3.63, 3.8) is 0 Å². The molecule has 1 N–H and O–H groups in total. The zero-order chi connectivity index (χ0) is 16.9. The molecular weight excluding hydrogens is 294 g/mol. The number of para-hydroxylation sites is 1. The van der Waals surface area contributed by atoms with E-state index in [9.17, 15) is 0 Å². The molecule has 126 valence electrons.